The third-order valence-electron chi connectivity index (χ3n) is 2.57. The number of nitrogens with one attached hydrogen (secondary N) is 2. The lowest BCUT2D eigenvalue weighted by molar-refractivity contribution is -0.122. The Bertz CT molecular complexity index is 474. The minimum absolute atomic E-state index is 0.0533. The van der Waals surface area contributed by atoms with E-state index in [1.807, 2.05) is 6.92 Å². The molecule has 19 heavy (non-hydrogen) atoms. The highest BCUT2D eigenvalue weighted by Crippen LogP contribution is 2.18. The molecule has 0 aliphatic heterocycles. The van der Waals surface area contributed by atoms with Crippen LogP contribution in [0.25, 0.3) is 0 Å². The molecular formula is C13H19N3O3. The van der Waals surface area contributed by atoms with E-state index in [2.05, 4.69) is 10.6 Å². The molecule has 6 nitrogen and oxygen atoms in total. The number of amides is 2. The number of nitrogens with two attached hydrogens (primary N) is 1. The first kappa shape index (κ1) is 14.8. The Labute approximate surface area is 112 Å². The highest BCUT2D eigenvalue weighted by Gasteiger charge is 2.17. The molecule has 0 bridgehead atoms. The minimum Gasteiger partial charge on any atom is -0.508 e. The zero-order chi connectivity index (χ0) is 14.4. The Morgan fingerprint density at radius 1 is 1.42 bits per heavy atom. The number of benzene rings is 1. The number of nitrogen functional groups attached to an aromatic ring is 1. The van der Waals surface area contributed by atoms with E-state index in [1.54, 1.807) is 6.92 Å². The molecule has 104 valence electrons. The van der Waals surface area contributed by atoms with E-state index in [4.69, 9.17) is 5.73 Å². The summed E-state index contributed by atoms with van der Waals surface area (Å²) in [5.74, 6) is -0.802. The third-order valence-corrected chi connectivity index (χ3v) is 2.57. The van der Waals surface area contributed by atoms with Crippen molar-refractivity contribution in [2.24, 2.45) is 0 Å². The fourth-order valence-electron chi connectivity index (χ4n) is 1.48. The Balaban J connectivity index is 2.68. The first-order chi connectivity index (χ1) is 8.95. The van der Waals surface area contributed by atoms with Gasteiger partial charge >= 0.3 is 0 Å². The van der Waals surface area contributed by atoms with E-state index in [-0.39, 0.29) is 22.9 Å². The van der Waals surface area contributed by atoms with Crippen molar-refractivity contribution in [1.29, 1.82) is 0 Å². The monoisotopic (exact) mass is 265 g/mol. The molecule has 0 aromatic heterocycles. The van der Waals surface area contributed by atoms with Crippen LogP contribution in [0.2, 0.25) is 0 Å². The summed E-state index contributed by atoms with van der Waals surface area (Å²) in [7, 11) is 0. The van der Waals surface area contributed by atoms with Crippen LogP contribution in [0.15, 0.2) is 18.2 Å². The molecule has 0 aliphatic rings. The van der Waals surface area contributed by atoms with E-state index in [9.17, 15) is 14.7 Å². The Morgan fingerprint density at radius 3 is 2.74 bits per heavy atom. The van der Waals surface area contributed by atoms with Gasteiger partial charge in [0.05, 0.1) is 5.56 Å². The Morgan fingerprint density at radius 2 is 2.11 bits per heavy atom. The molecule has 2 amide bonds. The molecule has 1 unspecified atom stereocenters. The number of phenols is 1. The van der Waals surface area contributed by atoms with Crippen molar-refractivity contribution in [3.05, 3.63) is 23.8 Å². The van der Waals surface area contributed by atoms with Crippen LogP contribution in [0.5, 0.6) is 5.75 Å². The molecule has 6 heteroatoms. The number of hydrogen-bond acceptors (Lipinski definition) is 4. The zero-order valence-electron chi connectivity index (χ0n) is 11.1. The first-order valence-electron chi connectivity index (χ1n) is 6.12. The predicted octanol–water partition coefficient (Wildman–Crippen LogP) is 0.619. The number of carbonyl (C=O) groups is 2. The molecule has 0 aliphatic carbocycles. The molecule has 0 spiro atoms. The van der Waals surface area contributed by atoms with Gasteiger partial charge in [0.15, 0.2) is 0 Å². The van der Waals surface area contributed by atoms with Crippen LogP contribution in [0.1, 0.15) is 30.6 Å². The zero-order valence-corrected chi connectivity index (χ0v) is 11.1. The van der Waals surface area contributed by atoms with Crippen molar-refractivity contribution < 1.29 is 14.7 Å². The topological polar surface area (TPSA) is 104 Å². The van der Waals surface area contributed by atoms with E-state index in [0.29, 0.717) is 6.54 Å². The fraction of sp³-hybridized carbons (Fsp3) is 0.385. The third kappa shape index (κ3) is 4.17. The van der Waals surface area contributed by atoms with E-state index in [1.165, 1.54) is 18.2 Å². The van der Waals surface area contributed by atoms with Gasteiger partial charge in [0, 0.05) is 12.2 Å². The molecule has 1 aromatic carbocycles. The van der Waals surface area contributed by atoms with Crippen LogP contribution in [-0.2, 0) is 4.79 Å². The molecule has 0 fully saturated rings. The van der Waals surface area contributed by atoms with Crippen molar-refractivity contribution in [2.45, 2.75) is 26.3 Å². The number of phenolic OH excluding ortho intramolecular Hbond substituents is 1. The number of rotatable bonds is 5. The molecule has 5 N–H and O–H groups in total. The Kier molecular flexibility index (Phi) is 5.17. The van der Waals surface area contributed by atoms with Crippen LogP contribution in [-0.4, -0.2) is 29.5 Å². The van der Waals surface area contributed by atoms with E-state index >= 15 is 0 Å². The second-order valence-corrected chi connectivity index (χ2v) is 4.26. The second kappa shape index (κ2) is 6.63. The Hall–Kier alpha value is -2.24. The maximum atomic E-state index is 11.9. The van der Waals surface area contributed by atoms with Gasteiger partial charge in [-0.15, -0.1) is 0 Å². The predicted molar refractivity (Wildman–Crippen MR) is 72.7 cm³/mol. The second-order valence-electron chi connectivity index (χ2n) is 4.26. The van der Waals surface area contributed by atoms with E-state index in [0.717, 1.165) is 6.42 Å². The number of carbonyl (C=O) groups excluding carboxylic acids is 2. The summed E-state index contributed by atoms with van der Waals surface area (Å²) in [6.07, 6.45) is 0.825. The van der Waals surface area contributed by atoms with Gasteiger partial charge in [0.2, 0.25) is 5.91 Å². The van der Waals surface area contributed by atoms with E-state index < -0.39 is 11.9 Å². The van der Waals surface area contributed by atoms with Gasteiger partial charge in [-0.25, -0.2) is 0 Å². The summed E-state index contributed by atoms with van der Waals surface area (Å²) in [4.78, 5) is 23.5. The standard InChI is InChI=1S/C13H19N3O3/c1-3-6-15-12(18)8(2)16-13(19)10-7-9(17)4-5-11(10)14/h4-5,7-8,17H,3,6,14H2,1-2H3,(H,15,18)(H,16,19). The molecule has 1 atom stereocenters. The smallest absolute Gasteiger partial charge is 0.254 e. The van der Waals surface area contributed by atoms with Gasteiger partial charge < -0.3 is 21.5 Å². The van der Waals surface area contributed by atoms with Gasteiger partial charge in [-0.3, -0.25) is 9.59 Å². The van der Waals surface area contributed by atoms with Gasteiger partial charge in [0.1, 0.15) is 11.8 Å². The largest absolute Gasteiger partial charge is 0.508 e. The van der Waals surface area contributed by atoms with Crippen LogP contribution in [0.4, 0.5) is 5.69 Å². The highest BCUT2D eigenvalue weighted by atomic mass is 16.3. The molecule has 0 saturated heterocycles. The van der Waals surface area contributed by atoms with Crippen molar-refractivity contribution in [3.8, 4) is 5.75 Å². The normalized spacial score (nSPS) is 11.7. The van der Waals surface area contributed by atoms with Crippen LogP contribution < -0.4 is 16.4 Å². The van der Waals surface area contributed by atoms with Crippen molar-refractivity contribution in [2.75, 3.05) is 12.3 Å². The van der Waals surface area contributed by atoms with Crippen LogP contribution in [0.3, 0.4) is 0 Å². The van der Waals surface area contributed by atoms with Crippen molar-refractivity contribution in [1.82, 2.24) is 10.6 Å². The summed E-state index contributed by atoms with van der Waals surface area (Å²) in [5, 5.41) is 14.5. The van der Waals surface area contributed by atoms with Gasteiger partial charge in [-0.1, -0.05) is 6.92 Å². The maximum Gasteiger partial charge on any atom is 0.254 e. The van der Waals surface area contributed by atoms with Gasteiger partial charge in [-0.05, 0) is 31.5 Å². The van der Waals surface area contributed by atoms with Crippen molar-refractivity contribution in [3.63, 3.8) is 0 Å². The summed E-state index contributed by atoms with van der Waals surface area (Å²) in [6.45, 7) is 4.09. The first-order valence-corrected chi connectivity index (χ1v) is 6.12. The summed E-state index contributed by atoms with van der Waals surface area (Å²) >= 11 is 0. The van der Waals surface area contributed by atoms with Crippen LogP contribution in [0, 0.1) is 0 Å². The number of anilines is 1. The quantitative estimate of drug-likeness (QED) is 0.462. The van der Waals surface area contributed by atoms with Crippen LogP contribution >= 0.6 is 0 Å². The summed E-state index contributed by atoms with van der Waals surface area (Å²) in [5.41, 5.74) is 6.04. The SMILES string of the molecule is CCCNC(=O)C(C)NC(=O)c1cc(O)ccc1N. The molecule has 0 saturated carbocycles. The lowest BCUT2D eigenvalue weighted by Gasteiger charge is -2.14. The molecule has 1 rings (SSSR count). The molecule has 1 aromatic rings. The molecule has 0 heterocycles. The molecular weight excluding hydrogens is 246 g/mol. The number of hydrogen-bond donors (Lipinski definition) is 4. The fourth-order valence-corrected chi connectivity index (χ4v) is 1.48. The maximum absolute atomic E-state index is 11.9. The van der Waals surface area contributed by atoms with Gasteiger partial charge in [-0.2, -0.15) is 0 Å². The average molecular weight is 265 g/mol. The lowest BCUT2D eigenvalue weighted by atomic mass is 10.1. The highest BCUT2D eigenvalue weighted by molar-refractivity contribution is 6.01. The average Bonchev–Trinajstić information content (AvgIpc) is 2.38. The van der Waals surface area contributed by atoms with Gasteiger partial charge in [0.25, 0.3) is 5.91 Å². The minimum atomic E-state index is -0.666. The lowest BCUT2D eigenvalue weighted by Crippen LogP contribution is -2.45. The number of aromatic hydroxyl groups is 1. The molecule has 0 radical (unpaired) electrons. The summed E-state index contributed by atoms with van der Waals surface area (Å²) in [6, 6.07) is 3.43. The van der Waals surface area contributed by atoms with Crippen molar-refractivity contribution >= 4 is 17.5 Å². The summed E-state index contributed by atoms with van der Waals surface area (Å²) < 4.78 is 0.